The van der Waals surface area contributed by atoms with E-state index in [9.17, 15) is 29.0 Å². The van der Waals surface area contributed by atoms with E-state index >= 15 is 0 Å². The molecule has 31 heavy (non-hydrogen) atoms. The summed E-state index contributed by atoms with van der Waals surface area (Å²) in [6, 6.07) is 0. The van der Waals surface area contributed by atoms with Crippen molar-refractivity contribution in [2.75, 3.05) is 20.0 Å². The summed E-state index contributed by atoms with van der Waals surface area (Å²) < 4.78 is 66.7. The molecule has 3 heterocycles. The lowest BCUT2D eigenvalue weighted by atomic mass is 10.1. The molecule has 3 saturated heterocycles. The molecule has 0 amide bonds. The van der Waals surface area contributed by atoms with Gasteiger partial charge in [0.2, 0.25) is 6.79 Å². The fraction of sp³-hybridized carbons (Fsp3) is 0.933. The number of fused-ring (bicyclic) bond motifs is 3. The lowest BCUT2D eigenvalue weighted by molar-refractivity contribution is -0.149. The van der Waals surface area contributed by atoms with E-state index in [1.807, 2.05) is 0 Å². The molecule has 180 valence electrons. The van der Waals surface area contributed by atoms with Crippen molar-refractivity contribution in [3.05, 3.63) is 0 Å². The van der Waals surface area contributed by atoms with Crippen LogP contribution in [0.25, 0.3) is 0 Å². The molecule has 0 aromatic rings. The predicted molar refractivity (Wildman–Crippen MR) is 97.5 cm³/mol. The van der Waals surface area contributed by atoms with Crippen molar-refractivity contribution in [2.45, 2.75) is 69.6 Å². The summed E-state index contributed by atoms with van der Waals surface area (Å²) >= 11 is 0. The van der Waals surface area contributed by atoms with Crippen LogP contribution >= 0.6 is 15.6 Å². The van der Waals surface area contributed by atoms with Crippen molar-refractivity contribution in [1.82, 2.24) is 0 Å². The average Bonchev–Trinajstić information content (AvgIpc) is 3.08. The standard InChI is InChI=1S/C15H26O14P2/c1-7-12(17)15-11(26-7)5-24-31(21,25-6-22-9(3)16)29-14-8(2)27-10(13(14)18)4-23-30(19,20)28-15/h7-8,10-15,17-18H,4-6H2,1-3H3,(H,19,20). The van der Waals surface area contributed by atoms with E-state index in [4.69, 9.17) is 32.1 Å². The summed E-state index contributed by atoms with van der Waals surface area (Å²) in [6.45, 7) is 2.20. The van der Waals surface area contributed by atoms with Crippen molar-refractivity contribution in [3.8, 4) is 0 Å². The molecule has 10 unspecified atom stereocenters. The second-order valence-electron chi connectivity index (χ2n) is 7.27. The highest BCUT2D eigenvalue weighted by Crippen LogP contribution is 2.54. The smallest absolute Gasteiger partial charge is 0.438 e. The van der Waals surface area contributed by atoms with Gasteiger partial charge in [0.25, 0.3) is 0 Å². The first-order valence-corrected chi connectivity index (χ1v) is 12.4. The van der Waals surface area contributed by atoms with Gasteiger partial charge in [-0.25, -0.2) is 13.7 Å². The summed E-state index contributed by atoms with van der Waals surface area (Å²) in [7, 11) is -9.19. The Morgan fingerprint density at radius 1 is 0.968 bits per heavy atom. The van der Waals surface area contributed by atoms with Gasteiger partial charge in [-0.3, -0.25) is 22.9 Å². The topological polar surface area (TPSA) is 186 Å². The first-order valence-electron chi connectivity index (χ1n) is 9.44. The van der Waals surface area contributed by atoms with Gasteiger partial charge in [0.15, 0.2) is 0 Å². The maximum absolute atomic E-state index is 13.2. The lowest BCUT2D eigenvalue weighted by Crippen LogP contribution is -2.36. The predicted octanol–water partition coefficient (Wildman–Crippen LogP) is -0.154. The number of rotatable bonds is 3. The molecule has 3 rings (SSSR count). The zero-order chi connectivity index (χ0) is 23.0. The van der Waals surface area contributed by atoms with E-state index in [0.717, 1.165) is 6.92 Å². The van der Waals surface area contributed by atoms with Crippen LogP contribution in [0.1, 0.15) is 20.8 Å². The van der Waals surface area contributed by atoms with Crippen LogP contribution in [0.4, 0.5) is 0 Å². The molecular weight excluding hydrogens is 466 g/mol. The van der Waals surface area contributed by atoms with Crippen LogP contribution in [0.2, 0.25) is 0 Å². The van der Waals surface area contributed by atoms with Gasteiger partial charge in [0.1, 0.15) is 36.6 Å². The number of esters is 1. The normalized spacial score (nSPS) is 48.8. The Kier molecular flexibility index (Phi) is 7.95. The Labute approximate surface area is 177 Å². The van der Waals surface area contributed by atoms with Crippen molar-refractivity contribution < 1.29 is 65.9 Å². The maximum atomic E-state index is 13.2. The fourth-order valence-corrected chi connectivity index (χ4v) is 5.60. The van der Waals surface area contributed by atoms with E-state index in [1.54, 1.807) is 0 Å². The Bertz CT molecular complexity index is 747. The highest BCUT2D eigenvalue weighted by atomic mass is 31.2. The third-order valence-electron chi connectivity index (χ3n) is 4.92. The van der Waals surface area contributed by atoms with E-state index in [-0.39, 0.29) is 0 Å². The van der Waals surface area contributed by atoms with Gasteiger partial charge in [0, 0.05) is 6.92 Å². The summed E-state index contributed by atoms with van der Waals surface area (Å²) in [6.07, 6.45) is -9.31. The molecule has 3 aliphatic heterocycles. The molecule has 14 nitrogen and oxygen atoms in total. The van der Waals surface area contributed by atoms with Crippen molar-refractivity contribution in [3.63, 3.8) is 0 Å². The minimum atomic E-state index is -4.71. The first kappa shape index (κ1) is 25.2. The summed E-state index contributed by atoms with van der Waals surface area (Å²) in [5.74, 6) is -0.713. The Balaban J connectivity index is 1.86. The number of hydrogen-bond donors (Lipinski definition) is 3. The van der Waals surface area contributed by atoms with Gasteiger partial charge < -0.3 is 29.3 Å². The summed E-state index contributed by atoms with van der Waals surface area (Å²) in [5.41, 5.74) is 0. The Hall–Kier alpha value is -0.470. The number of carbonyl (C=O) groups excluding carboxylic acids is 1. The Morgan fingerprint density at radius 3 is 2.29 bits per heavy atom. The molecule has 3 aliphatic rings. The number of hydrogen-bond acceptors (Lipinski definition) is 13. The number of carbonyl (C=O) groups is 1. The molecule has 10 atom stereocenters. The fourth-order valence-electron chi connectivity index (χ4n) is 3.33. The van der Waals surface area contributed by atoms with E-state index < -0.39 is 90.5 Å². The minimum absolute atomic E-state index is 0.565. The van der Waals surface area contributed by atoms with Gasteiger partial charge in [-0.05, 0) is 13.8 Å². The average molecular weight is 492 g/mol. The SMILES string of the molecule is CC(=O)OCOP1(=O)OCC2OC(C)C(O)C2OP(=O)(O)OCC2OC(C)C(O1)C2O. The molecular formula is C15H26O14P2. The number of aliphatic hydroxyl groups excluding tert-OH is 2. The Morgan fingerprint density at radius 2 is 1.61 bits per heavy atom. The van der Waals surface area contributed by atoms with Gasteiger partial charge in [-0.1, -0.05) is 0 Å². The van der Waals surface area contributed by atoms with Crippen LogP contribution in [0, 0.1) is 0 Å². The molecule has 16 heteroatoms. The number of ether oxygens (including phenoxy) is 3. The number of aliphatic hydroxyl groups is 2. The lowest BCUT2D eigenvalue weighted by Gasteiger charge is -2.26. The minimum Gasteiger partial charge on any atom is -0.438 e. The second kappa shape index (κ2) is 9.80. The van der Waals surface area contributed by atoms with Crippen LogP contribution in [0.5, 0.6) is 0 Å². The monoisotopic (exact) mass is 492 g/mol. The van der Waals surface area contributed by atoms with Gasteiger partial charge in [0.05, 0.1) is 25.4 Å². The number of phosphoric acid groups is 2. The largest absolute Gasteiger partial charge is 0.478 e. The first-order chi connectivity index (χ1) is 14.4. The molecule has 0 aliphatic carbocycles. The van der Waals surface area contributed by atoms with Crippen molar-refractivity contribution in [2.24, 2.45) is 0 Å². The van der Waals surface area contributed by atoms with E-state index in [2.05, 4.69) is 4.74 Å². The molecule has 0 saturated carbocycles. The molecule has 0 radical (unpaired) electrons. The van der Waals surface area contributed by atoms with Gasteiger partial charge in [-0.2, -0.15) is 0 Å². The van der Waals surface area contributed by atoms with E-state index in [1.165, 1.54) is 13.8 Å². The molecule has 3 fully saturated rings. The summed E-state index contributed by atoms with van der Waals surface area (Å²) in [4.78, 5) is 21.0. The third-order valence-corrected chi connectivity index (χ3v) is 7.29. The maximum Gasteiger partial charge on any atom is 0.478 e. The molecule has 0 aromatic heterocycles. The van der Waals surface area contributed by atoms with Gasteiger partial charge >= 0.3 is 21.6 Å². The summed E-state index contributed by atoms with van der Waals surface area (Å²) in [5, 5.41) is 20.7. The van der Waals surface area contributed by atoms with E-state index in [0.29, 0.717) is 0 Å². The van der Waals surface area contributed by atoms with Crippen molar-refractivity contribution >= 4 is 21.6 Å². The zero-order valence-electron chi connectivity index (χ0n) is 17.0. The molecule has 2 bridgehead atoms. The molecule has 0 spiro atoms. The van der Waals surface area contributed by atoms with Crippen LogP contribution in [0.3, 0.4) is 0 Å². The van der Waals surface area contributed by atoms with Crippen LogP contribution in [0.15, 0.2) is 0 Å². The zero-order valence-corrected chi connectivity index (χ0v) is 18.8. The quantitative estimate of drug-likeness (QED) is 0.268. The van der Waals surface area contributed by atoms with Gasteiger partial charge in [-0.15, -0.1) is 0 Å². The van der Waals surface area contributed by atoms with Crippen LogP contribution < -0.4 is 0 Å². The highest BCUT2D eigenvalue weighted by Gasteiger charge is 2.51. The number of phosphoric ester groups is 2. The van der Waals surface area contributed by atoms with Crippen LogP contribution in [-0.4, -0.2) is 89.9 Å². The van der Waals surface area contributed by atoms with Crippen molar-refractivity contribution in [1.29, 1.82) is 0 Å². The third kappa shape index (κ3) is 6.11. The van der Waals surface area contributed by atoms with Crippen LogP contribution in [-0.2, 0) is 50.8 Å². The molecule has 0 aromatic carbocycles. The second-order valence-corrected chi connectivity index (χ2v) is 10.3. The molecule has 3 N–H and O–H groups in total. The highest BCUT2D eigenvalue weighted by molar-refractivity contribution is 7.48.